The number of primary amides is 2. The summed E-state index contributed by atoms with van der Waals surface area (Å²) in [4.78, 5) is 247. The number of phenols is 1. The Bertz CT molecular complexity index is 4930. The van der Waals surface area contributed by atoms with Crippen molar-refractivity contribution < 1.29 is 92.0 Å². The minimum absolute atomic E-state index is 0.00626. The number of nitrogens with two attached hydrogens (primary N) is 4. The number of amides is 16. The number of aliphatic hydroxyl groups is 2. The molecule has 0 radical (unpaired) electrons. The molecule has 2 bridgehead atoms. The molecule has 4 aliphatic rings. The molecule has 2 aromatic heterocycles. The molecule has 3 fully saturated rings. The maximum Gasteiger partial charge on any atom is 0.246 e. The van der Waals surface area contributed by atoms with Crippen molar-refractivity contribution in [2.24, 2.45) is 28.9 Å². The lowest BCUT2D eigenvalue weighted by Crippen LogP contribution is -2.62. The molecule has 0 spiro atoms. The van der Waals surface area contributed by atoms with Crippen LogP contribution in [0.4, 0.5) is 0 Å². The maximum atomic E-state index is 15.8. The van der Waals surface area contributed by atoms with Crippen LogP contribution in [0, 0.1) is 11.3 Å². The molecule has 3 aromatic carbocycles. The van der Waals surface area contributed by atoms with Crippen LogP contribution >= 0.6 is 11.8 Å². The second-order valence-corrected chi connectivity index (χ2v) is 34.9. The lowest BCUT2D eigenvalue weighted by molar-refractivity contribution is -0.149. The number of nitrogens with one attached hydrogen (secondary N) is 13. The number of thioether (sulfide) groups is 1. The second-order valence-electron chi connectivity index (χ2n) is 33.9. The minimum atomic E-state index is -1.88. The van der Waals surface area contributed by atoms with E-state index in [0.29, 0.717) is 77.0 Å². The summed E-state index contributed by atoms with van der Waals surface area (Å²) in [6.07, 6.45) is 7.00. The molecular formula is C88H124N22O19S. The zero-order valence-corrected chi connectivity index (χ0v) is 74.8. The fraction of sp³-hybridized carbons (Fsp3) is 0.534. The van der Waals surface area contributed by atoms with E-state index in [1.54, 1.807) is 74.8 Å². The van der Waals surface area contributed by atoms with Crippen LogP contribution in [0.25, 0.3) is 21.8 Å². The number of H-pyrrole nitrogens is 2. The Morgan fingerprint density at radius 1 is 0.538 bits per heavy atom. The lowest BCUT2D eigenvalue weighted by atomic mass is 9.99. The third-order valence-electron chi connectivity index (χ3n) is 23.9. The number of rotatable bonds is 17. The van der Waals surface area contributed by atoms with Crippen molar-refractivity contribution in [1.29, 1.82) is 5.41 Å². The third-order valence-corrected chi connectivity index (χ3v) is 24.9. The molecule has 6 heterocycles. The van der Waals surface area contributed by atoms with Crippen LogP contribution in [0.1, 0.15) is 134 Å². The summed E-state index contributed by atoms with van der Waals surface area (Å²) < 4.78 is 0. The van der Waals surface area contributed by atoms with Gasteiger partial charge in [-0.3, -0.25) is 82.1 Å². The molecule has 0 aliphatic carbocycles. The number of aromatic amines is 2. The number of nitrogens with zero attached hydrogens (tertiary/aromatic N) is 5. The van der Waals surface area contributed by atoms with E-state index in [2.05, 4.69) is 63.1 Å². The highest BCUT2D eigenvalue weighted by Gasteiger charge is 2.47. The topological polar surface area (TPSA) is 630 Å². The average molecular weight is 1830 g/mol. The summed E-state index contributed by atoms with van der Waals surface area (Å²) in [6, 6.07) is -1.76. The van der Waals surface area contributed by atoms with Gasteiger partial charge in [0.25, 0.3) is 0 Å². The van der Waals surface area contributed by atoms with E-state index >= 15 is 33.6 Å². The number of para-hydroxylation sites is 2. The Morgan fingerprint density at radius 3 is 1.65 bits per heavy atom. The third kappa shape index (κ3) is 27.7. The number of aliphatic hydroxyl groups excluding tert-OH is 2. The van der Waals surface area contributed by atoms with Crippen molar-refractivity contribution in [1.82, 2.24) is 87.6 Å². The fourth-order valence-electron chi connectivity index (χ4n) is 16.6. The van der Waals surface area contributed by atoms with Crippen molar-refractivity contribution in [3.63, 3.8) is 0 Å². The van der Waals surface area contributed by atoms with E-state index in [1.807, 2.05) is 12.2 Å². The van der Waals surface area contributed by atoms with Gasteiger partial charge >= 0.3 is 0 Å². The Kier molecular flexibility index (Phi) is 37.4. The molecule has 4 aliphatic heterocycles. The quantitative estimate of drug-likeness (QED) is 0.0194. The highest BCUT2D eigenvalue weighted by Crippen LogP contribution is 2.28. The second kappa shape index (κ2) is 48.1. The van der Waals surface area contributed by atoms with Crippen LogP contribution in [-0.2, 0) is 96.0 Å². The van der Waals surface area contributed by atoms with Gasteiger partial charge < -0.3 is 126 Å². The van der Waals surface area contributed by atoms with Gasteiger partial charge in [0.1, 0.15) is 90.3 Å². The highest BCUT2D eigenvalue weighted by atomic mass is 32.2. The molecule has 42 heteroatoms. The largest absolute Gasteiger partial charge is 0.508 e. The van der Waals surface area contributed by atoms with Crippen molar-refractivity contribution >= 4 is 134 Å². The fourth-order valence-corrected chi connectivity index (χ4v) is 17.4. The van der Waals surface area contributed by atoms with Gasteiger partial charge in [-0.1, -0.05) is 87.4 Å². The van der Waals surface area contributed by atoms with Crippen molar-refractivity contribution in [3.05, 3.63) is 114 Å². The number of allylic oxidation sites excluding steroid dienone is 2. The number of phenolic OH excluding ortho intramolecular Hbond substituents is 1. The van der Waals surface area contributed by atoms with Crippen LogP contribution < -0.4 is 76.1 Å². The van der Waals surface area contributed by atoms with Gasteiger partial charge in [-0.15, -0.1) is 11.8 Å². The SMILES string of the molecule is CC(C)C[C@@H]1NC(=O)[C@H](CN)NC(=O)[C@@H]2CCCN2C(=O)[C@H](CC(N)=O)NC(=O)[C@H](C)N(C)C(=O)[C@H](Cc2ccc(O)cc2)NC(=O)CSC[C@@H](C(N)=O)NC(=O)[C@H](CCCNC(=N)N)NC(=O)[C@@H]2CCCC/C=C\CCCC[C@@H](C(=O)N2C)N(C)C(=O)[C@H](Cc2c[nH]c3ccccc23)NC(=O)[C@H](CO)NC(=O)[C@H](Cc2c[nH]c3ccccc23)NC(=O)[C@@H]2C[C@@H](O)CN2C1=O. The summed E-state index contributed by atoms with van der Waals surface area (Å²) in [5, 5.41) is 68.3. The molecule has 15 atom stereocenters. The summed E-state index contributed by atoms with van der Waals surface area (Å²) in [5.41, 5.74) is 26.1. The minimum Gasteiger partial charge on any atom is -0.508 e. The standard InChI is InChI=1S/C88H124N22O19S/c1-48(2)35-61-86(128)110-44-54(113)39-71(110)82(124)99-60(37-51-42-95-57-23-17-15-21-55(51)57)77(119)104-66(45-111)79(121)102-63(38-52-43-96-58-24-18-16-22-56(52)58)84(126)108(6)70-27-14-12-10-8-7-9-11-13-26-68(107(5)87(70)129)80(122)98-59(25-19-33-94-88(92)93)76(118)105-67(74(91)116)46-130-47-73(115)97-62(36-50-29-31-53(112)32-30-50)83(125)106(4)49(3)75(117)100-64(40-72(90)114)85(127)109-34-20-28-69(109)81(123)103-65(41-89)78(120)101-61/h7-8,15-18,21-24,29-32,42-43,48-49,54,59-71,95-96,111-113H,9-14,19-20,25-28,33-41,44-47,89H2,1-6H3,(H2,90,114)(H2,91,116)(H,97,115)(H,98,122)(H,99,124)(H,100,117)(H,101,120)(H,102,121)(H,103,123)(H,104,119)(H,105,118)(H4,92,93,94)/b8-7-/t49-,54+,59-,60-,61-,62-,63-,64-,65-,66-,67-,68-,69-,70-,71-/m0/s1. The van der Waals surface area contributed by atoms with E-state index in [4.69, 9.17) is 28.3 Å². The molecule has 24 N–H and O–H groups in total. The number of guanidine groups is 1. The zero-order chi connectivity index (χ0) is 94.7. The number of carbonyl (C=O) groups is 16. The van der Waals surface area contributed by atoms with Gasteiger partial charge in [0, 0.05) is 113 Å². The number of fused-ring (bicyclic) bond motifs is 7. The number of carbonyl (C=O) groups excluding carboxylic acids is 16. The number of benzene rings is 3. The predicted octanol–water partition coefficient (Wildman–Crippen LogP) is -2.74. The highest BCUT2D eigenvalue weighted by molar-refractivity contribution is 8.00. The molecule has 130 heavy (non-hydrogen) atoms. The lowest BCUT2D eigenvalue weighted by Gasteiger charge is -2.36. The Balaban J connectivity index is 1.08. The van der Waals surface area contributed by atoms with Gasteiger partial charge in [-0.25, -0.2) is 0 Å². The zero-order valence-electron chi connectivity index (χ0n) is 74.0. The van der Waals surface area contributed by atoms with Crippen LogP contribution in [0.3, 0.4) is 0 Å². The van der Waals surface area contributed by atoms with Gasteiger partial charge in [-0.2, -0.15) is 0 Å². The predicted molar refractivity (Wildman–Crippen MR) is 481 cm³/mol. The average Bonchev–Trinajstić information content (AvgIpc) is 1.62. The van der Waals surface area contributed by atoms with Crippen molar-refractivity contribution in [3.8, 4) is 5.75 Å². The maximum absolute atomic E-state index is 15.8. The first-order valence-corrected chi connectivity index (χ1v) is 45.0. The Morgan fingerprint density at radius 2 is 1.05 bits per heavy atom. The number of hydrogen-bond donors (Lipinski definition) is 20. The van der Waals surface area contributed by atoms with Crippen LogP contribution in [0.5, 0.6) is 5.75 Å². The van der Waals surface area contributed by atoms with Crippen LogP contribution in [-0.4, -0.2) is 306 Å². The first kappa shape index (κ1) is 101. The molecule has 5 aromatic rings. The number of likely N-dealkylation sites (N-methyl/N-ethyl adjacent to an activating group) is 3. The molecule has 9 rings (SSSR count). The Hall–Kier alpha value is -12.7. The van der Waals surface area contributed by atoms with Gasteiger partial charge in [0.2, 0.25) is 94.5 Å². The van der Waals surface area contributed by atoms with Gasteiger partial charge in [0.15, 0.2) is 5.96 Å². The van der Waals surface area contributed by atoms with E-state index in [1.165, 1.54) is 62.1 Å². The van der Waals surface area contributed by atoms with Crippen LogP contribution in [0.2, 0.25) is 0 Å². The summed E-state index contributed by atoms with van der Waals surface area (Å²) in [6.45, 7) is 2.55. The molecule has 0 unspecified atom stereocenters. The first-order valence-electron chi connectivity index (χ1n) is 43.9. The molecule has 0 saturated carbocycles. The molecule has 16 amide bonds. The van der Waals surface area contributed by atoms with E-state index in [9.17, 15) is 58.5 Å². The van der Waals surface area contributed by atoms with Crippen LogP contribution in [0.15, 0.2) is 97.3 Å². The summed E-state index contributed by atoms with van der Waals surface area (Å²) in [5.74, 6) is -16.7. The summed E-state index contributed by atoms with van der Waals surface area (Å²) >= 11 is 0.804. The van der Waals surface area contributed by atoms with E-state index in [-0.39, 0.29) is 101 Å². The van der Waals surface area contributed by atoms with Crippen molar-refractivity contribution in [2.75, 3.05) is 65.4 Å². The van der Waals surface area contributed by atoms with E-state index in [0.717, 1.165) is 26.5 Å². The number of aromatic nitrogens is 2. The molecule has 3 saturated heterocycles. The Labute approximate surface area is 756 Å². The number of aromatic hydroxyl groups is 1. The summed E-state index contributed by atoms with van der Waals surface area (Å²) in [7, 11) is 3.97. The molecule has 41 nitrogen and oxygen atoms in total. The first-order chi connectivity index (χ1) is 62.0. The van der Waals surface area contributed by atoms with E-state index < -0.39 is 223 Å². The van der Waals surface area contributed by atoms with Gasteiger partial charge in [-0.05, 0) is 124 Å². The molecular weight excluding hydrogens is 1700 g/mol. The monoisotopic (exact) mass is 1820 g/mol. The van der Waals surface area contributed by atoms with Gasteiger partial charge in [0.05, 0.1) is 24.9 Å². The normalized spacial score (nSPS) is 26.5. The smallest absolute Gasteiger partial charge is 0.246 e. The van der Waals surface area contributed by atoms with Crippen molar-refractivity contribution in [2.45, 2.75) is 227 Å². The number of hydrogen-bond acceptors (Lipinski definition) is 22. The molecule has 706 valence electrons.